The summed E-state index contributed by atoms with van der Waals surface area (Å²) in [6.45, 7) is 9.13. The van der Waals surface area contributed by atoms with Crippen molar-refractivity contribution in [1.82, 2.24) is 14.5 Å². The van der Waals surface area contributed by atoms with E-state index < -0.39 is 10.0 Å². The number of nitrogens with one attached hydrogen (secondary N) is 1. The van der Waals surface area contributed by atoms with E-state index in [2.05, 4.69) is 17.1 Å². The molecule has 0 radical (unpaired) electrons. The molecule has 1 N–H and O–H groups in total. The lowest BCUT2D eigenvalue weighted by Crippen LogP contribution is -2.48. The van der Waals surface area contributed by atoms with Crippen molar-refractivity contribution in [1.29, 1.82) is 0 Å². The highest BCUT2D eigenvalue weighted by atomic mass is 32.2. The van der Waals surface area contributed by atoms with Crippen molar-refractivity contribution in [3.8, 4) is 0 Å². The van der Waals surface area contributed by atoms with E-state index in [0.29, 0.717) is 19.0 Å². The van der Waals surface area contributed by atoms with Crippen LogP contribution in [-0.2, 0) is 14.8 Å². The lowest BCUT2D eigenvalue weighted by molar-refractivity contribution is -0.0256. The van der Waals surface area contributed by atoms with Crippen molar-refractivity contribution in [2.24, 2.45) is 5.92 Å². The van der Waals surface area contributed by atoms with E-state index in [4.69, 9.17) is 4.74 Å². The lowest BCUT2D eigenvalue weighted by Gasteiger charge is -2.34. The molecule has 2 unspecified atom stereocenters. The Morgan fingerprint density at radius 2 is 2.05 bits per heavy atom. The summed E-state index contributed by atoms with van der Waals surface area (Å²) in [5.74, 6) is 0.416. The predicted octanol–water partition coefficient (Wildman–Crippen LogP) is -0.0317. The lowest BCUT2D eigenvalue weighted by atomic mass is 10.00. The summed E-state index contributed by atoms with van der Waals surface area (Å²) in [7, 11) is -3.04. The highest BCUT2D eigenvalue weighted by molar-refractivity contribution is 7.88. The SMILES string of the molecule is CCN1CCOC(CNCC2CCCN(S(C)(=O)=O)C2)C1. The van der Waals surface area contributed by atoms with Crippen molar-refractivity contribution in [2.45, 2.75) is 25.9 Å². The Morgan fingerprint density at radius 3 is 2.76 bits per heavy atom. The van der Waals surface area contributed by atoms with Gasteiger partial charge < -0.3 is 10.1 Å². The Labute approximate surface area is 128 Å². The molecule has 0 aromatic carbocycles. The Bertz CT molecular complexity index is 416. The molecule has 0 aromatic rings. The third-order valence-electron chi connectivity index (χ3n) is 4.43. The van der Waals surface area contributed by atoms with Crippen LogP contribution in [0.15, 0.2) is 0 Å². The highest BCUT2D eigenvalue weighted by Crippen LogP contribution is 2.18. The van der Waals surface area contributed by atoms with Gasteiger partial charge in [0.15, 0.2) is 0 Å². The summed E-state index contributed by atoms with van der Waals surface area (Å²) in [6, 6.07) is 0. The number of morpholine rings is 1. The van der Waals surface area contributed by atoms with Gasteiger partial charge in [-0.2, -0.15) is 0 Å². The van der Waals surface area contributed by atoms with Gasteiger partial charge in [-0.3, -0.25) is 4.90 Å². The standard InChI is InChI=1S/C14H29N3O3S/c1-3-16-7-8-20-14(12-16)10-15-9-13-5-4-6-17(11-13)21(2,18)19/h13-15H,3-12H2,1-2H3. The van der Waals surface area contributed by atoms with E-state index in [0.717, 1.165) is 52.2 Å². The van der Waals surface area contributed by atoms with Crippen LogP contribution >= 0.6 is 0 Å². The van der Waals surface area contributed by atoms with Gasteiger partial charge in [0.2, 0.25) is 10.0 Å². The third kappa shape index (κ3) is 5.49. The maximum absolute atomic E-state index is 11.6. The summed E-state index contributed by atoms with van der Waals surface area (Å²) in [6.07, 6.45) is 3.63. The second-order valence-corrected chi connectivity index (χ2v) is 8.16. The zero-order valence-electron chi connectivity index (χ0n) is 13.3. The number of likely N-dealkylation sites (N-methyl/N-ethyl adjacent to an activating group) is 1. The van der Waals surface area contributed by atoms with Crippen LogP contribution in [0.2, 0.25) is 0 Å². The first-order chi connectivity index (χ1) is 9.99. The first kappa shape index (κ1) is 17.1. The topological polar surface area (TPSA) is 61.9 Å². The Hall–Kier alpha value is -0.210. The average Bonchev–Trinajstić information content (AvgIpc) is 2.47. The number of hydrogen-bond acceptors (Lipinski definition) is 5. The van der Waals surface area contributed by atoms with Crippen LogP contribution < -0.4 is 5.32 Å². The smallest absolute Gasteiger partial charge is 0.211 e. The van der Waals surface area contributed by atoms with Crippen molar-refractivity contribution in [3.63, 3.8) is 0 Å². The number of sulfonamides is 1. The van der Waals surface area contributed by atoms with Crippen LogP contribution in [0.25, 0.3) is 0 Å². The van der Waals surface area contributed by atoms with Gasteiger partial charge in [-0.15, -0.1) is 0 Å². The van der Waals surface area contributed by atoms with Crippen LogP contribution in [0, 0.1) is 5.92 Å². The average molecular weight is 319 g/mol. The summed E-state index contributed by atoms with van der Waals surface area (Å²) < 4.78 is 30.6. The molecule has 2 rings (SSSR count). The third-order valence-corrected chi connectivity index (χ3v) is 5.70. The van der Waals surface area contributed by atoms with Gasteiger partial charge in [0.1, 0.15) is 0 Å². The van der Waals surface area contributed by atoms with Gasteiger partial charge in [-0.25, -0.2) is 12.7 Å². The van der Waals surface area contributed by atoms with E-state index in [-0.39, 0.29) is 6.10 Å². The van der Waals surface area contributed by atoms with Crippen molar-refractivity contribution >= 4 is 10.0 Å². The van der Waals surface area contributed by atoms with Gasteiger partial charge in [0, 0.05) is 32.7 Å². The van der Waals surface area contributed by atoms with Gasteiger partial charge in [0.05, 0.1) is 19.0 Å². The molecule has 21 heavy (non-hydrogen) atoms. The molecule has 0 aliphatic carbocycles. The summed E-state index contributed by atoms with van der Waals surface area (Å²) in [5.41, 5.74) is 0. The maximum Gasteiger partial charge on any atom is 0.211 e. The normalized spacial score (nSPS) is 29.6. The molecule has 2 saturated heterocycles. The molecule has 7 heteroatoms. The largest absolute Gasteiger partial charge is 0.374 e. The Balaban J connectivity index is 1.68. The molecule has 0 bridgehead atoms. The second kappa shape index (κ2) is 7.87. The fraction of sp³-hybridized carbons (Fsp3) is 1.00. The number of hydrogen-bond donors (Lipinski definition) is 1. The fourth-order valence-electron chi connectivity index (χ4n) is 3.13. The molecule has 124 valence electrons. The van der Waals surface area contributed by atoms with Crippen LogP contribution in [0.4, 0.5) is 0 Å². The molecule has 0 amide bonds. The van der Waals surface area contributed by atoms with Gasteiger partial charge in [0.25, 0.3) is 0 Å². The number of nitrogens with zero attached hydrogens (tertiary/aromatic N) is 2. The van der Waals surface area contributed by atoms with E-state index >= 15 is 0 Å². The minimum absolute atomic E-state index is 0.258. The maximum atomic E-state index is 11.6. The number of piperidine rings is 1. The molecular formula is C14H29N3O3S. The molecule has 2 heterocycles. The van der Waals surface area contributed by atoms with E-state index in [9.17, 15) is 8.42 Å². The van der Waals surface area contributed by atoms with Crippen molar-refractivity contribution in [2.75, 3.05) is 58.7 Å². The zero-order chi connectivity index (χ0) is 15.3. The summed E-state index contributed by atoms with van der Waals surface area (Å²) >= 11 is 0. The second-order valence-electron chi connectivity index (χ2n) is 6.17. The van der Waals surface area contributed by atoms with Crippen LogP contribution in [0.3, 0.4) is 0 Å². The predicted molar refractivity (Wildman–Crippen MR) is 83.9 cm³/mol. The van der Waals surface area contributed by atoms with Crippen molar-refractivity contribution in [3.05, 3.63) is 0 Å². The number of rotatable bonds is 6. The van der Waals surface area contributed by atoms with Crippen LogP contribution in [0.1, 0.15) is 19.8 Å². The minimum Gasteiger partial charge on any atom is -0.374 e. The zero-order valence-corrected chi connectivity index (χ0v) is 14.1. The fourth-order valence-corrected chi connectivity index (χ4v) is 4.08. The molecule has 2 atom stereocenters. The Morgan fingerprint density at radius 1 is 1.24 bits per heavy atom. The van der Waals surface area contributed by atoms with E-state index in [1.165, 1.54) is 6.26 Å². The first-order valence-corrected chi connectivity index (χ1v) is 9.83. The summed E-state index contributed by atoms with van der Waals surface area (Å²) in [5, 5.41) is 3.47. The van der Waals surface area contributed by atoms with Gasteiger partial charge in [-0.1, -0.05) is 6.92 Å². The quantitative estimate of drug-likeness (QED) is 0.745. The highest BCUT2D eigenvalue weighted by Gasteiger charge is 2.26. The molecule has 0 saturated carbocycles. The monoisotopic (exact) mass is 319 g/mol. The molecule has 2 aliphatic heterocycles. The molecule has 0 aromatic heterocycles. The molecule has 6 nitrogen and oxygen atoms in total. The van der Waals surface area contributed by atoms with Crippen LogP contribution in [-0.4, -0.2) is 82.4 Å². The molecule has 0 spiro atoms. The minimum atomic E-state index is -3.04. The van der Waals surface area contributed by atoms with Crippen molar-refractivity contribution < 1.29 is 13.2 Å². The Kier molecular flexibility index (Phi) is 6.43. The molecular weight excluding hydrogens is 290 g/mol. The van der Waals surface area contributed by atoms with Gasteiger partial charge >= 0.3 is 0 Å². The van der Waals surface area contributed by atoms with E-state index in [1.54, 1.807) is 4.31 Å². The van der Waals surface area contributed by atoms with Gasteiger partial charge in [-0.05, 0) is 31.8 Å². The summed E-state index contributed by atoms with van der Waals surface area (Å²) in [4.78, 5) is 2.40. The molecule has 2 fully saturated rings. The van der Waals surface area contributed by atoms with E-state index in [1.807, 2.05) is 0 Å². The number of ether oxygens (including phenoxy) is 1. The molecule has 2 aliphatic rings. The first-order valence-electron chi connectivity index (χ1n) is 7.99. The van der Waals surface area contributed by atoms with Crippen LogP contribution in [0.5, 0.6) is 0 Å².